The molecule has 0 bridgehead atoms. The van der Waals surface area contributed by atoms with Crippen molar-refractivity contribution in [3.63, 3.8) is 0 Å². The van der Waals surface area contributed by atoms with Crippen LogP contribution in [0.25, 0.3) is 6.08 Å². The van der Waals surface area contributed by atoms with Gasteiger partial charge in [0.15, 0.2) is 5.17 Å². The first-order chi connectivity index (χ1) is 17.6. The van der Waals surface area contributed by atoms with E-state index in [2.05, 4.69) is 0 Å². The zero-order valence-corrected chi connectivity index (χ0v) is 20.8. The number of benzene rings is 4. The van der Waals surface area contributed by atoms with Crippen LogP contribution in [0.2, 0.25) is 0 Å². The van der Waals surface area contributed by atoms with Crippen molar-refractivity contribution in [3.8, 4) is 5.75 Å². The third kappa shape index (κ3) is 5.93. The van der Waals surface area contributed by atoms with E-state index >= 15 is 0 Å². The highest BCUT2D eigenvalue weighted by molar-refractivity contribution is 8.18. The molecule has 1 heterocycles. The van der Waals surface area contributed by atoms with Gasteiger partial charge in [-0.15, -0.1) is 0 Å². The second-order valence-electron chi connectivity index (χ2n) is 8.56. The zero-order chi connectivity index (χ0) is 24.7. The van der Waals surface area contributed by atoms with Crippen LogP contribution in [0.5, 0.6) is 5.75 Å². The Hall–Kier alpha value is -4.09. The van der Waals surface area contributed by atoms with Crippen molar-refractivity contribution in [2.75, 3.05) is 0 Å². The number of aryl methyl sites for hydroxylation is 1. The largest absolute Gasteiger partial charge is 0.489 e. The van der Waals surface area contributed by atoms with Crippen LogP contribution in [-0.4, -0.2) is 16.0 Å². The summed E-state index contributed by atoms with van der Waals surface area (Å²) in [5, 5.41) is 0.682. The van der Waals surface area contributed by atoms with Crippen molar-refractivity contribution >= 4 is 34.6 Å². The molecule has 5 heteroatoms. The Morgan fingerprint density at radius 3 is 2.11 bits per heavy atom. The molecule has 0 aliphatic carbocycles. The standard InChI is InChI=1S/C31H26N2O2S/c1-23-12-16-27(17-13-23)32-31-33(21-25-8-4-2-5-9-25)30(34)29(36-31)20-24-14-18-28(19-15-24)35-22-26-10-6-3-7-11-26/h2-20H,21-22H2,1H3/b29-20+,32-31?. The second kappa shape index (κ2) is 11.1. The molecule has 1 saturated heterocycles. The van der Waals surface area contributed by atoms with E-state index in [0.29, 0.717) is 23.2 Å². The average molecular weight is 491 g/mol. The number of nitrogens with zero attached hydrogens (tertiary/aromatic N) is 2. The van der Waals surface area contributed by atoms with Crippen molar-refractivity contribution in [1.82, 2.24) is 4.90 Å². The molecular weight excluding hydrogens is 464 g/mol. The topological polar surface area (TPSA) is 41.9 Å². The van der Waals surface area contributed by atoms with Crippen molar-refractivity contribution < 1.29 is 9.53 Å². The van der Waals surface area contributed by atoms with Crippen molar-refractivity contribution in [1.29, 1.82) is 0 Å². The average Bonchev–Trinajstić information content (AvgIpc) is 3.19. The fourth-order valence-electron chi connectivity index (χ4n) is 3.78. The molecule has 0 saturated carbocycles. The van der Waals surface area contributed by atoms with E-state index in [0.717, 1.165) is 28.1 Å². The Labute approximate surface area is 216 Å². The monoisotopic (exact) mass is 490 g/mol. The molecule has 0 unspecified atom stereocenters. The first-order valence-corrected chi connectivity index (χ1v) is 12.6. The maximum atomic E-state index is 13.4. The molecule has 1 amide bonds. The Morgan fingerprint density at radius 1 is 0.806 bits per heavy atom. The van der Waals surface area contributed by atoms with Gasteiger partial charge in [0.25, 0.3) is 5.91 Å². The number of carbonyl (C=O) groups is 1. The van der Waals surface area contributed by atoms with Gasteiger partial charge in [0.1, 0.15) is 12.4 Å². The fraction of sp³-hybridized carbons (Fsp3) is 0.0968. The Balaban J connectivity index is 1.36. The van der Waals surface area contributed by atoms with E-state index in [1.54, 1.807) is 4.90 Å². The molecule has 0 spiro atoms. The van der Waals surface area contributed by atoms with Crippen LogP contribution >= 0.6 is 11.8 Å². The van der Waals surface area contributed by atoms with Gasteiger partial charge in [0.2, 0.25) is 0 Å². The smallest absolute Gasteiger partial charge is 0.267 e. The third-order valence-electron chi connectivity index (χ3n) is 5.76. The molecular formula is C31H26N2O2S. The highest BCUT2D eigenvalue weighted by Gasteiger charge is 2.33. The molecule has 1 aliphatic heterocycles. The van der Waals surface area contributed by atoms with Gasteiger partial charge in [-0.2, -0.15) is 0 Å². The second-order valence-corrected chi connectivity index (χ2v) is 9.57. The lowest BCUT2D eigenvalue weighted by Gasteiger charge is -2.15. The molecule has 0 radical (unpaired) electrons. The van der Waals surface area contributed by atoms with Crippen LogP contribution < -0.4 is 4.74 Å². The van der Waals surface area contributed by atoms with E-state index in [1.807, 2.05) is 122 Å². The Morgan fingerprint density at radius 2 is 1.44 bits per heavy atom. The first-order valence-electron chi connectivity index (χ1n) is 11.8. The summed E-state index contributed by atoms with van der Waals surface area (Å²) >= 11 is 1.41. The lowest BCUT2D eigenvalue weighted by molar-refractivity contribution is -0.122. The summed E-state index contributed by atoms with van der Waals surface area (Å²) in [5.41, 5.74) is 5.12. The predicted molar refractivity (Wildman–Crippen MR) is 148 cm³/mol. The summed E-state index contributed by atoms with van der Waals surface area (Å²) in [6.45, 7) is 3.04. The quantitative estimate of drug-likeness (QED) is 0.254. The zero-order valence-electron chi connectivity index (χ0n) is 20.0. The highest BCUT2D eigenvalue weighted by atomic mass is 32.2. The molecule has 0 atom stereocenters. The van der Waals surface area contributed by atoms with Gasteiger partial charge in [-0.1, -0.05) is 90.5 Å². The maximum absolute atomic E-state index is 13.4. The van der Waals surface area contributed by atoms with Crippen LogP contribution in [0.4, 0.5) is 5.69 Å². The number of ether oxygens (including phenoxy) is 1. The number of thioether (sulfide) groups is 1. The van der Waals surface area contributed by atoms with E-state index < -0.39 is 0 Å². The molecule has 0 N–H and O–H groups in total. The van der Waals surface area contributed by atoms with E-state index in [9.17, 15) is 4.79 Å². The summed E-state index contributed by atoms with van der Waals surface area (Å²) in [4.78, 5) is 20.6. The van der Waals surface area contributed by atoms with Crippen LogP contribution in [0, 0.1) is 6.92 Å². The number of hydrogen-bond acceptors (Lipinski definition) is 4. The van der Waals surface area contributed by atoms with E-state index in [-0.39, 0.29) is 5.91 Å². The molecule has 4 nitrogen and oxygen atoms in total. The highest BCUT2D eigenvalue weighted by Crippen LogP contribution is 2.35. The molecule has 36 heavy (non-hydrogen) atoms. The molecule has 4 aromatic rings. The lowest BCUT2D eigenvalue weighted by atomic mass is 10.2. The predicted octanol–water partition coefficient (Wildman–Crippen LogP) is 7.38. The third-order valence-corrected chi connectivity index (χ3v) is 6.76. The minimum atomic E-state index is -0.0425. The van der Waals surface area contributed by atoms with Crippen LogP contribution in [0.3, 0.4) is 0 Å². The van der Waals surface area contributed by atoms with Gasteiger partial charge in [-0.05, 0) is 65.7 Å². The fourth-order valence-corrected chi connectivity index (χ4v) is 4.78. The molecule has 178 valence electrons. The van der Waals surface area contributed by atoms with E-state index in [1.165, 1.54) is 17.3 Å². The Kier molecular flexibility index (Phi) is 7.29. The maximum Gasteiger partial charge on any atom is 0.267 e. The number of carbonyl (C=O) groups excluding carboxylic acids is 1. The molecule has 4 aromatic carbocycles. The summed E-state index contributed by atoms with van der Waals surface area (Å²) in [6, 6.07) is 35.9. The van der Waals surface area contributed by atoms with Crippen LogP contribution in [-0.2, 0) is 17.9 Å². The summed E-state index contributed by atoms with van der Waals surface area (Å²) in [5.74, 6) is 0.748. The number of amidine groups is 1. The van der Waals surface area contributed by atoms with Crippen molar-refractivity contribution in [3.05, 3.63) is 136 Å². The number of amides is 1. The SMILES string of the molecule is Cc1ccc(N=C2S/C(=C/c3ccc(OCc4ccccc4)cc3)C(=O)N2Cc2ccccc2)cc1. The lowest BCUT2D eigenvalue weighted by Crippen LogP contribution is -2.28. The minimum Gasteiger partial charge on any atom is -0.489 e. The normalized spacial score (nSPS) is 15.6. The number of hydrogen-bond donors (Lipinski definition) is 0. The molecule has 0 aromatic heterocycles. The van der Waals surface area contributed by atoms with E-state index in [4.69, 9.17) is 9.73 Å². The molecule has 1 aliphatic rings. The molecule has 5 rings (SSSR count). The van der Waals surface area contributed by atoms with Gasteiger partial charge in [0, 0.05) is 0 Å². The van der Waals surface area contributed by atoms with Crippen molar-refractivity contribution in [2.24, 2.45) is 4.99 Å². The Bertz CT molecular complexity index is 1380. The van der Waals surface area contributed by atoms with Gasteiger partial charge < -0.3 is 4.74 Å². The van der Waals surface area contributed by atoms with Gasteiger partial charge in [-0.25, -0.2) is 4.99 Å². The summed E-state index contributed by atoms with van der Waals surface area (Å²) in [7, 11) is 0. The summed E-state index contributed by atoms with van der Waals surface area (Å²) in [6.07, 6.45) is 1.92. The van der Waals surface area contributed by atoms with Crippen LogP contribution in [0.1, 0.15) is 22.3 Å². The van der Waals surface area contributed by atoms with Gasteiger partial charge >= 0.3 is 0 Å². The van der Waals surface area contributed by atoms with Gasteiger partial charge in [0.05, 0.1) is 17.1 Å². The first kappa shape index (κ1) is 23.6. The number of rotatable bonds is 7. The minimum absolute atomic E-state index is 0.0425. The van der Waals surface area contributed by atoms with Gasteiger partial charge in [-0.3, -0.25) is 9.69 Å². The van der Waals surface area contributed by atoms with Crippen molar-refractivity contribution in [2.45, 2.75) is 20.1 Å². The van der Waals surface area contributed by atoms with Crippen LogP contribution in [0.15, 0.2) is 119 Å². The molecule has 1 fully saturated rings. The number of aliphatic imine (C=N–C) groups is 1. The summed E-state index contributed by atoms with van der Waals surface area (Å²) < 4.78 is 5.89.